The number of piperidine rings is 1. The lowest BCUT2D eigenvalue weighted by Crippen LogP contribution is -2.29. The van der Waals surface area contributed by atoms with Gasteiger partial charge >= 0.3 is 0 Å². The number of rotatable bonds is 7. The van der Waals surface area contributed by atoms with E-state index in [9.17, 15) is 9.18 Å². The van der Waals surface area contributed by atoms with Crippen molar-refractivity contribution in [2.75, 3.05) is 23.3 Å². The predicted molar refractivity (Wildman–Crippen MR) is 127 cm³/mol. The minimum Gasteiger partial charge on any atom is -0.371 e. The molecule has 2 heterocycles. The van der Waals surface area contributed by atoms with Crippen LogP contribution in [0.15, 0.2) is 61.3 Å². The van der Waals surface area contributed by atoms with Crippen LogP contribution in [0.3, 0.4) is 0 Å². The smallest absolute Gasteiger partial charge is 0.227 e. The molecule has 1 aliphatic heterocycles. The molecule has 0 radical (unpaired) electrons. The van der Waals surface area contributed by atoms with Crippen LogP contribution < -0.4 is 10.2 Å². The van der Waals surface area contributed by atoms with Crippen LogP contribution in [-0.2, 0) is 11.2 Å². The number of benzene rings is 2. The number of aromatic nitrogens is 2. The summed E-state index contributed by atoms with van der Waals surface area (Å²) in [5.41, 5.74) is 4.74. The second kappa shape index (κ2) is 9.73. The lowest BCUT2D eigenvalue weighted by molar-refractivity contribution is -0.114. The van der Waals surface area contributed by atoms with Crippen molar-refractivity contribution in [3.63, 3.8) is 0 Å². The van der Waals surface area contributed by atoms with Crippen LogP contribution >= 0.6 is 0 Å². The summed E-state index contributed by atoms with van der Waals surface area (Å²) in [6.45, 7) is 7.53. The number of hydrogen-bond donors (Lipinski definition) is 1. The van der Waals surface area contributed by atoms with Crippen molar-refractivity contribution in [1.82, 2.24) is 9.97 Å². The third-order valence-electron chi connectivity index (χ3n) is 5.71. The molecule has 1 aliphatic rings. The maximum absolute atomic E-state index is 14.2. The molecule has 1 saturated heterocycles. The molecule has 1 fully saturated rings. The first-order chi connectivity index (χ1) is 15.5. The minimum absolute atomic E-state index is 0.0261. The van der Waals surface area contributed by atoms with Gasteiger partial charge in [-0.1, -0.05) is 12.6 Å². The summed E-state index contributed by atoms with van der Waals surface area (Å²) in [6.07, 6.45) is 6.67. The standard InChI is InChI=1S/C26H27FN4O/c1-3-23(32)15-20-14-19(10-11-24(20)27)25-18(2)17-28-26(30-25)29-21-8-7-9-22(16-21)31-12-5-4-6-13-31/h3,7-11,14,16-17H,1,4-6,12-13,15H2,2H3,(H,28,29,30). The zero-order valence-corrected chi connectivity index (χ0v) is 18.3. The molecule has 0 unspecified atom stereocenters. The number of anilines is 3. The highest BCUT2D eigenvalue weighted by Crippen LogP contribution is 2.27. The van der Waals surface area contributed by atoms with E-state index >= 15 is 0 Å². The molecule has 3 aromatic rings. The molecule has 32 heavy (non-hydrogen) atoms. The topological polar surface area (TPSA) is 58.1 Å². The number of ketones is 1. The highest BCUT2D eigenvalue weighted by Gasteiger charge is 2.14. The second-order valence-corrected chi connectivity index (χ2v) is 8.10. The molecule has 1 N–H and O–H groups in total. The molecule has 5 nitrogen and oxygen atoms in total. The first kappa shape index (κ1) is 21.7. The normalized spacial score (nSPS) is 13.6. The first-order valence-corrected chi connectivity index (χ1v) is 10.9. The fourth-order valence-corrected chi connectivity index (χ4v) is 3.97. The Balaban J connectivity index is 1.59. The number of aryl methyl sites for hydroxylation is 1. The van der Waals surface area contributed by atoms with Gasteiger partial charge in [-0.2, -0.15) is 0 Å². The molecule has 0 atom stereocenters. The molecule has 1 aromatic heterocycles. The number of halogens is 1. The quantitative estimate of drug-likeness (QED) is 0.493. The number of carbonyl (C=O) groups is 1. The van der Waals surface area contributed by atoms with Crippen molar-refractivity contribution < 1.29 is 9.18 Å². The zero-order valence-electron chi connectivity index (χ0n) is 18.3. The molecule has 4 rings (SSSR count). The molecular formula is C26H27FN4O. The Hall–Kier alpha value is -3.54. The summed E-state index contributed by atoms with van der Waals surface area (Å²) >= 11 is 0. The average molecular weight is 431 g/mol. The molecule has 6 heteroatoms. The van der Waals surface area contributed by atoms with Crippen LogP contribution in [0, 0.1) is 12.7 Å². The van der Waals surface area contributed by atoms with E-state index in [-0.39, 0.29) is 12.2 Å². The maximum Gasteiger partial charge on any atom is 0.227 e. The Morgan fingerprint density at radius 1 is 1.19 bits per heavy atom. The Morgan fingerprint density at radius 3 is 2.78 bits per heavy atom. The summed E-state index contributed by atoms with van der Waals surface area (Å²) in [7, 11) is 0. The van der Waals surface area contributed by atoms with Crippen LogP contribution in [-0.4, -0.2) is 28.8 Å². The van der Waals surface area contributed by atoms with E-state index in [1.165, 1.54) is 37.1 Å². The summed E-state index contributed by atoms with van der Waals surface area (Å²) in [4.78, 5) is 23.2. The molecule has 0 amide bonds. The Labute approximate surface area is 188 Å². The van der Waals surface area contributed by atoms with Crippen molar-refractivity contribution >= 4 is 23.1 Å². The third-order valence-corrected chi connectivity index (χ3v) is 5.71. The molecule has 0 spiro atoms. The lowest BCUT2D eigenvalue weighted by Gasteiger charge is -2.29. The largest absolute Gasteiger partial charge is 0.371 e. The zero-order chi connectivity index (χ0) is 22.5. The molecule has 0 saturated carbocycles. The number of carbonyl (C=O) groups excluding carboxylic acids is 1. The van der Waals surface area contributed by atoms with Crippen molar-refractivity contribution in [1.29, 1.82) is 0 Å². The van der Waals surface area contributed by atoms with Crippen LogP contribution in [0.25, 0.3) is 11.3 Å². The van der Waals surface area contributed by atoms with Gasteiger partial charge in [0.05, 0.1) is 5.69 Å². The van der Waals surface area contributed by atoms with E-state index in [0.29, 0.717) is 17.2 Å². The minimum atomic E-state index is -0.413. The van der Waals surface area contributed by atoms with E-state index in [0.717, 1.165) is 29.9 Å². The van der Waals surface area contributed by atoms with Gasteiger partial charge in [0.2, 0.25) is 5.95 Å². The van der Waals surface area contributed by atoms with Crippen molar-refractivity contribution in [3.05, 3.63) is 78.3 Å². The van der Waals surface area contributed by atoms with Crippen molar-refractivity contribution in [2.24, 2.45) is 0 Å². The Kier molecular flexibility index (Phi) is 6.59. The molecular weight excluding hydrogens is 403 g/mol. The van der Waals surface area contributed by atoms with Gasteiger partial charge in [0.25, 0.3) is 0 Å². The number of allylic oxidation sites excluding steroid dienone is 1. The summed E-state index contributed by atoms with van der Waals surface area (Å²) in [5.74, 6) is -0.172. The summed E-state index contributed by atoms with van der Waals surface area (Å²) in [5, 5.41) is 3.30. The van der Waals surface area contributed by atoms with Gasteiger partial charge in [-0.15, -0.1) is 0 Å². The Morgan fingerprint density at radius 2 is 2.00 bits per heavy atom. The van der Waals surface area contributed by atoms with E-state index in [2.05, 4.69) is 38.9 Å². The summed E-state index contributed by atoms with van der Waals surface area (Å²) < 4.78 is 14.2. The summed E-state index contributed by atoms with van der Waals surface area (Å²) in [6, 6.07) is 13.0. The second-order valence-electron chi connectivity index (χ2n) is 8.10. The highest BCUT2D eigenvalue weighted by atomic mass is 19.1. The van der Waals surface area contributed by atoms with Gasteiger partial charge in [-0.3, -0.25) is 4.79 Å². The van der Waals surface area contributed by atoms with Gasteiger partial charge < -0.3 is 10.2 Å². The number of nitrogens with zero attached hydrogens (tertiary/aromatic N) is 3. The van der Waals surface area contributed by atoms with Gasteiger partial charge in [-0.25, -0.2) is 14.4 Å². The number of nitrogens with one attached hydrogen (secondary N) is 1. The SMILES string of the molecule is C=CC(=O)Cc1cc(-c2nc(Nc3cccc(N4CCCCC4)c3)ncc2C)ccc1F. The highest BCUT2D eigenvalue weighted by molar-refractivity contribution is 5.91. The maximum atomic E-state index is 14.2. The fraction of sp³-hybridized carbons (Fsp3) is 0.269. The fourth-order valence-electron chi connectivity index (χ4n) is 3.97. The van der Waals surface area contributed by atoms with Gasteiger partial charge in [0.15, 0.2) is 5.78 Å². The van der Waals surface area contributed by atoms with E-state index in [1.807, 2.05) is 19.1 Å². The van der Waals surface area contributed by atoms with E-state index < -0.39 is 5.82 Å². The van der Waals surface area contributed by atoms with Crippen molar-refractivity contribution in [3.8, 4) is 11.3 Å². The van der Waals surface area contributed by atoms with Gasteiger partial charge in [0, 0.05) is 42.6 Å². The lowest BCUT2D eigenvalue weighted by atomic mass is 10.0. The third kappa shape index (κ3) is 5.02. The van der Waals surface area contributed by atoms with Crippen molar-refractivity contribution in [2.45, 2.75) is 32.6 Å². The Bertz CT molecular complexity index is 1140. The van der Waals surface area contributed by atoms with Crippen LogP contribution in [0.4, 0.5) is 21.7 Å². The van der Waals surface area contributed by atoms with Gasteiger partial charge in [0.1, 0.15) is 5.82 Å². The van der Waals surface area contributed by atoms with E-state index in [1.54, 1.807) is 18.3 Å². The number of hydrogen-bond acceptors (Lipinski definition) is 5. The molecule has 2 aromatic carbocycles. The van der Waals surface area contributed by atoms with E-state index in [4.69, 9.17) is 0 Å². The molecule has 0 aliphatic carbocycles. The molecule has 0 bridgehead atoms. The molecule has 164 valence electrons. The monoisotopic (exact) mass is 430 g/mol. The van der Waals surface area contributed by atoms with Crippen LogP contribution in [0.2, 0.25) is 0 Å². The predicted octanol–water partition coefficient (Wildman–Crippen LogP) is 5.62. The van der Waals surface area contributed by atoms with Gasteiger partial charge in [-0.05, 0) is 79.8 Å². The van der Waals surface area contributed by atoms with Crippen LogP contribution in [0.1, 0.15) is 30.4 Å². The van der Waals surface area contributed by atoms with Crippen LogP contribution in [0.5, 0.6) is 0 Å². The first-order valence-electron chi connectivity index (χ1n) is 10.9. The average Bonchev–Trinajstić information content (AvgIpc) is 2.82.